The minimum Gasteiger partial charge on any atom is -0.331 e. The van der Waals surface area contributed by atoms with Crippen LogP contribution >= 0.6 is 0 Å². The minimum absolute atomic E-state index is 0.240. The highest BCUT2D eigenvalue weighted by Crippen LogP contribution is 2.22. The molecule has 0 radical (unpaired) electrons. The maximum Gasteiger partial charge on any atom is 0.319 e. The van der Waals surface area contributed by atoms with Gasteiger partial charge in [0.15, 0.2) is 11.5 Å². The molecule has 0 fully saturated rings. The van der Waals surface area contributed by atoms with Gasteiger partial charge in [-0.25, -0.2) is 4.79 Å². The minimum atomic E-state index is -0.294. The molecule has 8 heteroatoms. The Morgan fingerprint density at radius 3 is 2.75 bits per heavy atom. The Labute approximate surface area is 139 Å². The molecule has 0 aliphatic rings. The number of amides is 2. The molecule has 0 atom stereocenters. The van der Waals surface area contributed by atoms with Gasteiger partial charge in [0.25, 0.3) is 0 Å². The Bertz CT molecular complexity index is 878. The Morgan fingerprint density at radius 1 is 1.25 bits per heavy atom. The fraction of sp³-hybridized carbons (Fsp3) is 0.375. The van der Waals surface area contributed by atoms with Gasteiger partial charge in [-0.3, -0.25) is 9.08 Å². The molecule has 0 unspecified atom stereocenters. The van der Waals surface area contributed by atoms with E-state index in [0.717, 1.165) is 22.7 Å². The third-order valence-corrected chi connectivity index (χ3v) is 3.84. The molecule has 0 saturated heterocycles. The van der Waals surface area contributed by atoms with Gasteiger partial charge in [0.1, 0.15) is 0 Å². The normalized spacial score (nSPS) is 11.2. The molecule has 2 amide bonds. The summed E-state index contributed by atoms with van der Waals surface area (Å²) in [5.74, 6) is 0.673. The summed E-state index contributed by atoms with van der Waals surface area (Å²) in [4.78, 5) is 12.2. The highest BCUT2D eigenvalue weighted by atomic mass is 16.2. The van der Waals surface area contributed by atoms with Gasteiger partial charge >= 0.3 is 6.03 Å². The van der Waals surface area contributed by atoms with Crippen molar-refractivity contribution >= 4 is 17.4 Å². The summed E-state index contributed by atoms with van der Waals surface area (Å²) >= 11 is 0. The number of nitrogens with zero attached hydrogens (tertiary/aromatic N) is 5. The SMILES string of the molecule is Cc1nn(C(C)C)c(C)c1NC(=O)NCc1nnc2ccccn12. The van der Waals surface area contributed by atoms with Crippen molar-refractivity contribution in [2.24, 2.45) is 0 Å². The van der Waals surface area contributed by atoms with Crippen molar-refractivity contribution in [2.75, 3.05) is 5.32 Å². The number of fused-ring (bicyclic) bond motifs is 1. The number of carbonyl (C=O) groups is 1. The van der Waals surface area contributed by atoms with Crippen molar-refractivity contribution in [1.29, 1.82) is 0 Å². The van der Waals surface area contributed by atoms with E-state index in [-0.39, 0.29) is 18.6 Å². The van der Waals surface area contributed by atoms with Crippen LogP contribution in [0.25, 0.3) is 5.65 Å². The molecule has 2 N–H and O–H groups in total. The fourth-order valence-electron chi connectivity index (χ4n) is 2.68. The molecule has 0 spiro atoms. The van der Waals surface area contributed by atoms with Gasteiger partial charge in [0, 0.05) is 12.2 Å². The quantitative estimate of drug-likeness (QED) is 0.770. The van der Waals surface area contributed by atoms with Gasteiger partial charge in [-0.2, -0.15) is 5.10 Å². The van der Waals surface area contributed by atoms with Crippen LogP contribution < -0.4 is 10.6 Å². The fourth-order valence-corrected chi connectivity index (χ4v) is 2.68. The van der Waals surface area contributed by atoms with Crippen LogP contribution in [0.15, 0.2) is 24.4 Å². The molecule has 3 aromatic heterocycles. The number of aryl methyl sites for hydroxylation is 1. The number of rotatable bonds is 4. The van der Waals surface area contributed by atoms with Crippen LogP contribution in [-0.4, -0.2) is 30.4 Å². The van der Waals surface area contributed by atoms with Crippen molar-refractivity contribution in [1.82, 2.24) is 29.7 Å². The van der Waals surface area contributed by atoms with Crippen molar-refractivity contribution < 1.29 is 4.79 Å². The maximum absolute atomic E-state index is 12.2. The number of hydrogen-bond acceptors (Lipinski definition) is 4. The van der Waals surface area contributed by atoms with Crippen LogP contribution in [0.4, 0.5) is 10.5 Å². The molecule has 3 aromatic rings. The van der Waals surface area contributed by atoms with E-state index in [9.17, 15) is 4.79 Å². The number of carbonyl (C=O) groups excluding carboxylic acids is 1. The molecule has 8 nitrogen and oxygen atoms in total. The van der Waals surface area contributed by atoms with E-state index in [1.54, 1.807) is 0 Å². The largest absolute Gasteiger partial charge is 0.331 e. The van der Waals surface area contributed by atoms with Crippen molar-refractivity contribution in [3.8, 4) is 0 Å². The molecular weight excluding hydrogens is 306 g/mol. The molecule has 0 bridgehead atoms. The zero-order valence-electron chi connectivity index (χ0n) is 14.2. The molecule has 0 saturated carbocycles. The van der Waals surface area contributed by atoms with E-state index in [1.807, 2.05) is 47.3 Å². The van der Waals surface area contributed by atoms with Gasteiger partial charge in [0.2, 0.25) is 0 Å². The summed E-state index contributed by atoms with van der Waals surface area (Å²) in [5, 5.41) is 18.3. The van der Waals surface area contributed by atoms with Gasteiger partial charge in [-0.05, 0) is 39.8 Å². The van der Waals surface area contributed by atoms with Gasteiger partial charge in [-0.1, -0.05) is 6.07 Å². The number of urea groups is 1. The smallest absolute Gasteiger partial charge is 0.319 e. The van der Waals surface area contributed by atoms with E-state index < -0.39 is 0 Å². The first-order valence-electron chi connectivity index (χ1n) is 7.86. The predicted molar refractivity (Wildman–Crippen MR) is 90.9 cm³/mol. The molecule has 3 rings (SSSR count). The zero-order chi connectivity index (χ0) is 17.3. The predicted octanol–water partition coefficient (Wildman–Crippen LogP) is 2.45. The van der Waals surface area contributed by atoms with Gasteiger partial charge in [0.05, 0.1) is 23.6 Å². The molecule has 3 heterocycles. The summed E-state index contributed by atoms with van der Waals surface area (Å²) in [6, 6.07) is 5.60. The summed E-state index contributed by atoms with van der Waals surface area (Å²) in [7, 11) is 0. The van der Waals surface area contributed by atoms with Crippen LogP contribution in [0.3, 0.4) is 0 Å². The lowest BCUT2D eigenvalue weighted by Gasteiger charge is -2.10. The Balaban J connectivity index is 1.68. The van der Waals surface area contributed by atoms with E-state index in [4.69, 9.17) is 0 Å². The molecule has 126 valence electrons. The van der Waals surface area contributed by atoms with Crippen molar-refractivity contribution in [3.63, 3.8) is 0 Å². The lowest BCUT2D eigenvalue weighted by atomic mass is 10.3. The average molecular weight is 327 g/mol. The zero-order valence-corrected chi connectivity index (χ0v) is 14.2. The lowest BCUT2D eigenvalue weighted by molar-refractivity contribution is 0.251. The van der Waals surface area contributed by atoms with Crippen LogP contribution in [0, 0.1) is 13.8 Å². The second-order valence-corrected chi connectivity index (χ2v) is 5.94. The number of pyridine rings is 1. The highest BCUT2D eigenvalue weighted by Gasteiger charge is 2.16. The van der Waals surface area contributed by atoms with Crippen LogP contribution in [0.2, 0.25) is 0 Å². The number of nitrogens with one attached hydrogen (secondary N) is 2. The maximum atomic E-state index is 12.2. The summed E-state index contributed by atoms with van der Waals surface area (Å²) in [6.07, 6.45) is 1.87. The first-order chi connectivity index (χ1) is 11.5. The number of anilines is 1. The third kappa shape index (κ3) is 2.94. The average Bonchev–Trinajstić information content (AvgIpc) is 3.09. The second-order valence-electron chi connectivity index (χ2n) is 5.94. The molecule has 24 heavy (non-hydrogen) atoms. The Kier molecular flexibility index (Phi) is 4.20. The van der Waals surface area contributed by atoms with Crippen LogP contribution in [-0.2, 0) is 6.54 Å². The second kappa shape index (κ2) is 6.31. The molecular formula is C16H21N7O. The number of hydrogen-bond donors (Lipinski definition) is 2. The van der Waals surface area contributed by atoms with Crippen LogP contribution in [0.5, 0.6) is 0 Å². The van der Waals surface area contributed by atoms with Gasteiger partial charge in [-0.15, -0.1) is 10.2 Å². The molecule has 0 aliphatic carbocycles. The summed E-state index contributed by atoms with van der Waals surface area (Å²) < 4.78 is 3.74. The monoisotopic (exact) mass is 327 g/mol. The van der Waals surface area contributed by atoms with Crippen molar-refractivity contribution in [2.45, 2.75) is 40.3 Å². The summed E-state index contributed by atoms with van der Waals surface area (Å²) in [6.45, 7) is 8.22. The molecule has 0 aromatic carbocycles. The Hall–Kier alpha value is -2.90. The lowest BCUT2D eigenvalue weighted by Crippen LogP contribution is -2.29. The first kappa shape index (κ1) is 16.0. The molecule has 0 aliphatic heterocycles. The topological polar surface area (TPSA) is 89.1 Å². The number of aromatic nitrogens is 5. The third-order valence-electron chi connectivity index (χ3n) is 3.84. The van der Waals surface area contributed by atoms with Crippen LogP contribution in [0.1, 0.15) is 37.1 Å². The van der Waals surface area contributed by atoms with E-state index in [0.29, 0.717) is 5.82 Å². The Morgan fingerprint density at radius 2 is 2.04 bits per heavy atom. The van der Waals surface area contributed by atoms with E-state index >= 15 is 0 Å². The van der Waals surface area contributed by atoms with E-state index in [1.165, 1.54) is 0 Å². The highest BCUT2D eigenvalue weighted by molar-refractivity contribution is 5.90. The summed E-state index contributed by atoms with van der Waals surface area (Å²) in [5.41, 5.74) is 3.22. The first-order valence-corrected chi connectivity index (χ1v) is 7.86. The van der Waals surface area contributed by atoms with E-state index in [2.05, 4.69) is 39.8 Å². The standard InChI is InChI=1S/C16H21N7O/c1-10(2)23-12(4)15(11(3)21-23)18-16(24)17-9-14-20-19-13-7-5-6-8-22(13)14/h5-8,10H,9H2,1-4H3,(H2,17,18,24). The van der Waals surface area contributed by atoms with Gasteiger partial charge < -0.3 is 10.6 Å². The van der Waals surface area contributed by atoms with Crippen molar-refractivity contribution in [3.05, 3.63) is 41.6 Å².